The number of carbonyl (C=O) groups excluding carboxylic acids is 1. The third-order valence-corrected chi connectivity index (χ3v) is 6.66. The molecule has 1 aliphatic heterocycles. The second-order valence-corrected chi connectivity index (χ2v) is 10.5. The van der Waals surface area contributed by atoms with Gasteiger partial charge in [0.2, 0.25) is 0 Å². The number of rotatable bonds is 6. The smallest absolute Gasteiger partial charge is 0.272 e. The van der Waals surface area contributed by atoms with E-state index in [9.17, 15) is 13.2 Å². The summed E-state index contributed by atoms with van der Waals surface area (Å²) in [5.41, 5.74) is 2.79. The minimum Gasteiger partial charge on any atom is -0.464 e. The Morgan fingerprint density at radius 1 is 1.27 bits per heavy atom. The quantitative estimate of drug-likeness (QED) is 0.428. The number of likely N-dealkylation sites (tertiary alicyclic amines) is 1. The number of amides is 1. The van der Waals surface area contributed by atoms with Crippen molar-refractivity contribution in [1.29, 1.82) is 0 Å². The molecule has 0 spiro atoms. The summed E-state index contributed by atoms with van der Waals surface area (Å²) in [5.74, 6) is -0.508. The Labute approximate surface area is 190 Å². The van der Waals surface area contributed by atoms with Gasteiger partial charge in [0.05, 0.1) is 18.2 Å². The van der Waals surface area contributed by atoms with Crippen LogP contribution in [0.5, 0.6) is 0 Å². The zero-order valence-electron chi connectivity index (χ0n) is 18.4. The SMILES string of the molecule is COCC1CCCN1C(=O)c1cc2c(cn1)c(-c1coc3ccccc13)nn2CS(C)(=O)=O. The standard InChI is InChI=1S/C23H24N4O5S/c1-31-12-15-6-5-9-26(15)23(28)19-10-20-17(11-24-19)22(25-27(20)14-33(2,29)30)18-13-32-21-8-4-3-7-16(18)21/h3-4,7-8,10-11,13,15H,5-6,9,12,14H2,1-2H3. The molecule has 1 fully saturated rings. The highest BCUT2D eigenvalue weighted by Crippen LogP contribution is 2.35. The fourth-order valence-corrected chi connectivity index (χ4v) is 5.12. The van der Waals surface area contributed by atoms with Gasteiger partial charge in [-0.1, -0.05) is 18.2 Å². The number of aromatic nitrogens is 3. The fraction of sp³-hybridized carbons (Fsp3) is 0.348. The summed E-state index contributed by atoms with van der Waals surface area (Å²) in [5, 5.41) is 6.12. The molecule has 3 aromatic heterocycles. The van der Waals surface area contributed by atoms with Crippen LogP contribution in [-0.2, 0) is 20.5 Å². The Bertz CT molecular complexity index is 1460. The first-order valence-corrected chi connectivity index (χ1v) is 12.7. The summed E-state index contributed by atoms with van der Waals surface area (Å²) < 4.78 is 36.6. The highest BCUT2D eigenvalue weighted by molar-refractivity contribution is 7.89. The minimum atomic E-state index is -3.39. The summed E-state index contributed by atoms with van der Waals surface area (Å²) >= 11 is 0. The number of hydrogen-bond acceptors (Lipinski definition) is 7. The number of sulfone groups is 1. The number of nitrogens with zero attached hydrogens (tertiary/aromatic N) is 4. The lowest BCUT2D eigenvalue weighted by atomic mass is 10.1. The molecule has 1 atom stereocenters. The number of ether oxygens (including phenoxy) is 1. The molecule has 5 rings (SSSR count). The zero-order chi connectivity index (χ0) is 23.2. The van der Waals surface area contributed by atoms with Crippen molar-refractivity contribution in [1.82, 2.24) is 19.7 Å². The van der Waals surface area contributed by atoms with Crippen LogP contribution in [-0.4, -0.2) is 66.5 Å². The third kappa shape index (κ3) is 4.00. The van der Waals surface area contributed by atoms with Gasteiger partial charge in [-0.25, -0.2) is 13.1 Å². The van der Waals surface area contributed by atoms with E-state index < -0.39 is 9.84 Å². The molecule has 0 radical (unpaired) electrons. The van der Waals surface area contributed by atoms with Crippen LogP contribution in [0.15, 0.2) is 47.2 Å². The van der Waals surface area contributed by atoms with E-state index in [2.05, 4.69) is 10.1 Å². The van der Waals surface area contributed by atoms with E-state index in [4.69, 9.17) is 9.15 Å². The lowest BCUT2D eigenvalue weighted by molar-refractivity contribution is 0.0625. The molecule has 1 amide bonds. The first-order valence-electron chi connectivity index (χ1n) is 10.7. The third-order valence-electron chi connectivity index (χ3n) is 5.95. The Morgan fingerprint density at radius 2 is 2.09 bits per heavy atom. The van der Waals surface area contributed by atoms with E-state index in [-0.39, 0.29) is 23.5 Å². The van der Waals surface area contributed by atoms with Crippen molar-refractivity contribution >= 4 is 37.6 Å². The number of pyridine rings is 1. The van der Waals surface area contributed by atoms with Crippen LogP contribution in [0.3, 0.4) is 0 Å². The number of carbonyl (C=O) groups is 1. The molecule has 0 saturated carbocycles. The molecule has 172 valence electrons. The van der Waals surface area contributed by atoms with Gasteiger partial charge in [-0.15, -0.1) is 0 Å². The normalized spacial score (nSPS) is 16.8. The monoisotopic (exact) mass is 468 g/mol. The summed E-state index contributed by atoms with van der Waals surface area (Å²) in [6.45, 7) is 1.11. The van der Waals surface area contributed by atoms with Gasteiger partial charge in [0.25, 0.3) is 5.91 Å². The molecule has 33 heavy (non-hydrogen) atoms. The Balaban J connectivity index is 1.63. The van der Waals surface area contributed by atoms with E-state index in [0.29, 0.717) is 35.3 Å². The average Bonchev–Trinajstić information content (AvgIpc) is 3.50. The molecule has 0 aliphatic carbocycles. The molecule has 1 unspecified atom stereocenters. The van der Waals surface area contributed by atoms with Crippen LogP contribution >= 0.6 is 0 Å². The lowest BCUT2D eigenvalue weighted by Crippen LogP contribution is -2.38. The molecule has 4 aromatic rings. The van der Waals surface area contributed by atoms with Gasteiger partial charge in [-0.05, 0) is 25.0 Å². The topological polar surface area (TPSA) is 108 Å². The largest absolute Gasteiger partial charge is 0.464 e. The number of methoxy groups -OCH3 is 1. The van der Waals surface area contributed by atoms with Crippen LogP contribution in [0.4, 0.5) is 0 Å². The van der Waals surface area contributed by atoms with Crippen LogP contribution in [0, 0.1) is 0 Å². The van der Waals surface area contributed by atoms with Gasteiger partial charge in [0, 0.05) is 42.4 Å². The molecule has 0 bridgehead atoms. The van der Waals surface area contributed by atoms with Crippen LogP contribution < -0.4 is 0 Å². The van der Waals surface area contributed by atoms with Crippen LogP contribution in [0.2, 0.25) is 0 Å². The molecule has 4 heterocycles. The molecule has 1 aliphatic rings. The maximum absolute atomic E-state index is 13.2. The predicted octanol–water partition coefficient (Wildman–Crippen LogP) is 3.10. The Morgan fingerprint density at radius 3 is 2.88 bits per heavy atom. The molecular formula is C23H24N4O5S. The summed E-state index contributed by atoms with van der Waals surface area (Å²) in [6, 6.07) is 9.20. The van der Waals surface area contributed by atoms with Gasteiger partial charge in [-0.2, -0.15) is 5.10 Å². The Kier molecular flexibility index (Phi) is 5.41. The molecule has 0 N–H and O–H groups in total. The minimum absolute atomic E-state index is 0.00813. The summed E-state index contributed by atoms with van der Waals surface area (Å²) in [7, 11) is -1.77. The van der Waals surface area contributed by atoms with Crippen molar-refractivity contribution in [2.75, 3.05) is 26.5 Å². The van der Waals surface area contributed by atoms with Gasteiger partial charge >= 0.3 is 0 Å². The van der Waals surface area contributed by atoms with E-state index in [1.807, 2.05) is 24.3 Å². The zero-order valence-corrected chi connectivity index (χ0v) is 19.2. The van der Waals surface area contributed by atoms with Crippen LogP contribution in [0.1, 0.15) is 23.3 Å². The number of fused-ring (bicyclic) bond motifs is 2. The van der Waals surface area contributed by atoms with E-state index in [1.54, 1.807) is 30.5 Å². The molecule has 1 saturated heterocycles. The average molecular weight is 469 g/mol. The second-order valence-electron chi connectivity index (χ2n) is 8.39. The van der Waals surface area contributed by atoms with Crippen molar-refractivity contribution in [3.63, 3.8) is 0 Å². The highest BCUT2D eigenvalue weighted by atomic mass is 32.2. The predicted molar refractivity (Wildman–Crippen MR) is 124 cm³/mol. The second kappa shape index (κ2) is 8.27. The van der Waals surface area contributed by atoms with Gasteiger partial charge in [-0.3, -0.25) is 9.78 Å². The van der Waals surface area contributed by atoms with Crippen molar-refractivity contribution in [2.24, 2.45) is 0 Å². The fourth-order valence-electron chi connectivity index (χ4n) is 4.48. The van der Waals surface area contributed by atoms with Crippen molar-refractivity contribution < 1.29 is 22.4 Å². The van der Waals surface area contributed by atoms with E-state index >= 15 is 0 Å². The van der Waals surface area contributed by atoms with E-state index in [0.717, 1.165) is 30.0 Å². The van der Waals surface area contributed by atoms with Gasteiger partial charge < -0.3 is 14.1 Å². The van der Waals surface area contributed by atoms with Crippen molar-refractivity contribution in [3.05, 3.63) is 48.5 Å². The number of benzene rings is 1. The van der Waals surface area contributed by atoms with E-state index in [1.165, 1.54) is 4.68 Å². The number of para-hydroxylation sites is 1. The molecular weight excluding hydrogens is 444 g/mol. The lowest BCUT2D eigenvalue weighted by Gasteiger charge is -2.23. The Hall–Kier alpha value is -3.24. The van der Waals surface area contributed by atoms with Crippen molar-refractivity contribution in [3.8, 4) is 11.3 Å². The molecule has 10 heteroatoms. The van der Waals surface area contributed by atoms with Gasteiger partial charge in [0.15, 0.2) is 9.84 Å². The summed E-state index contributed by atoms with van der Waals surface area (Å²) in [4.78, 5) is 19.4. The van der Waals surface area contributed by atoms with Crippen molar-refractivity contribution in [2.45, 2.75) is 24.8 Å². The number of hydrogen-bond donors (Lipinski definition) is 0. The van der Waals surface area contributed by atoms with Gasteiger partial charge in [0.1, 0.15) is 29.1 Å². The maximum atomic E-state index is 13.2. The first kappa shape index (κ1) is 21.6. The maximum Gasteiger partial charge on any atom is 0.272 e. The number of furan rings is 1. The molecule has 1 aromatic carbocycles. The summed E-state index contributed by atoms with van der Waals surface area (Å²) in [6.07, 6.45) is 6.14. The molecule has 9 nitrogen and oxygen atoms in total. The first-order chi connectivity index (χ1) is 15.9. The highest BCUT2D eigenvalue weighted by Gasteiger charge is 2.30. The van der Waals surface area contributed by atoms with Crippen LogP contribution in [0.25, 0.3) is 33.1 Å².